The second-order valence-electron chi connectivity index (χ2n) is 5.59. The summed E-state index contributed by atoms with van der Waals surface area (Å²) in [4.78, 5) is 0. The van der Waals surface area contributed by atoms with Gasteiger partial charge in [0.1, 0.15) is 5.82 Å². The largest absolute Gasteiger partial charge is 0.525 e. The molecule has 6 heteroatoms. The maximum Gasteiger partial charge on any atom is 0.525 e. The summed E-state index contributed by atoms with van der Waals surface area (Å²) in [5.41, 5.74) is 0.840. The molecule has 1 atom stereocenters. The van der Waals surface area contributed by atoms with Gasteiger partial charge in [-0.05, 0) is 24.1 Å². The van der Waals surface area contributed by atoms with E-state index in [0.717, 1.165) is 12.8 Å². The topological polar surface area (TPSA) is 18.5 Å². The summed E-state index contributed by atoms with van der Waals surface area (Å²) in [6, 6.07) is 6.10. The minimum Gasteiger partial charge on any atom is -0.346 e. The van der Waals surface area contributed by atoms with Gasteiger partial charge in [0.2, 0.25) is 5.79 Å². The molecule has 0 aliphatic heterocycles. The van der Waals surface area contributed by atoms with Crippen LogP contribution in [0.4, 0.5) is 17.6 Å². The minimum atomic E-state index is -4.82. The van der Waals surface area contributed by atoms with Crippen molar-refractivity contribution in [1.82, 2.24) is 0 Å². The number of alkyl halides is 3. The van der Waals surface area contributed by atoms with Crippen LogP contribution in [0.3, 0.4) is 0 Å². The molecule has 2 nitrogen and oxygen atoms in total. The van der Waals surface area contributed by atoms with Crippen LogP contribution in [0.1, 0.15) is 38.2 Å². The summed E-state index contributed by atoms with van der Waals surface area (Å²) in [6.07, 6.45) is 1.62. The molecule has 0 heterocycles. The van der Waals surface area contributed by atoms with E-state index < -0.39 is 18.0 Å². The van der Waals surface area contributed by atoms with Crippen molar-refractivity contribution >= 4 is 5.57 Å². The van der Waals surface area contributed by atoms with E-state index in [-0.39, 0.29) is 13.0 Å². The molecular formula is C18H20F4O2. The second kappa shape index (κ2) is 7.94. The smallest absolute Gasteiger partial charge is 0.346 e. The predicted octanol–water partition coefficient (Wildman–Crippen LogP) is 5.61. The number of benzene rings is 1. The zero-order valence-electron chi connectivity index (χ0n) is 13.4. The lowest BCUT2D eigenvalue weighted by molar-refractivity contribution is -0.403. The van der Waals surface area contributed by atoms with Crippen molar-refractivity contribution < 1.29 is 27.0 Å². The molecule has 0 saturated heterocycles. The average Bonchev–Trinajstić information content (AvgIpc) is 2.52. The molecule has 0 bridgehead atoms. The van der Waals surface area contributed by atoms with Crippen molar-refractivity contribution in [1.29, 1.82) is 0 Å². The normalized spacial score (nSPS) is 21.0. The van der Waals surface area contributed by atoms with Crippen LogP contribution in [0.5, 0.6) is 0 Å². The third-order valence-corrected chi connectivity index (χ3v) is 3.69. The fraction of sp³-hybridized carbons (Fsp3) is 0.444. The molecule has 0 radical (unpaired) electrons. The van der Waals surface area contributed by atoms with Gasteiger partial charge in [0, 0.05) is 12.0 Å². The minimum absolute atomic E-state index is 0.140. The molecule has 1 aliphatic rings. The van der Waals surface area contributed by atoms with E-state index in [1.54, 1.807) is 18.2 Å². The summed E-state index contributed by atoms with van der Waals surface area (Å²) in [6.45, 7) is 2.16. The van der Waals surface area contributed by atoms with E-state index >= 15 is 0 Å². The van der Waals surface area contributed by atoms with Crippen LogP contribution in [-0.4, -0.2) is 18.8 Å². The van der Waals surface area contributed by atoms with Gasteiger partial charge in [-0.25, -0.2) is 4.39 Å². The highest BCUT2D eigenvalue weighted by atomic mass is 19.4. The third-order valence-electron chi connectivity index (χ3n) is 3.69. The van der Waals surface area contributed by atoms with Gasteiger partial charge in [0.05, 0.1) is 6.61 Å². The number of hydrogen-bond acceptors (Lipinski definition) is 2. The van der Waals surface area contributed by atoms with E-state index in [4.69, 9.17) is 4.74 Å². The molecule has 2 rings (SSSR count). The number of rotatable bonds is 7. The standard InChI is InChI=1S/C18H20F4O2/c1-2-3-6-13-23-17(24-18(20,21)22)11-9-14(10-12-17)15-7-4-5-8-16(15)19/h4-5,7-11H,2-3,6,12-13H2,1H3. The number of ether oxygens (including phenoxy) is 2. The molecule has 0 spiro atoms. The summed E-state index contributed by atoms with van der Waals surface area (Å²) < 4.78 is 61.6. The zero-order valence-corrected chi connectivity index (χ0v) is 13.4. The van der Waals surface area contributed by atoms with Gasteiger partial charge in [-0.15, -0.1) is 13.2 Å². The van der Waals surface area contributed by atoms with Gasteiger partial charge in [-0.1, -0.05) is 50.1 Å². The van der Waals surface area contributed by atoms with Crippen LogP contribution in [0, 0.1) is 5.82 Å². The Labute approximate surface area is 138 Å². The zero-order chi connectivity index (χ0) is 17.6. The first kappa shape index (κ1) is 18.7. The number of allylic oxidation sites excluding steroid dienone is 2. The van der Waals surface area contributed by atoms with Crippen LogP contribution >= 0.6 is 0 Å². The van der Waals surface area contributed by atoms with Crippen molar-refractivity contribution in [2.75, 3.05) is 6.61 Å². The Balaban J connectivity index is 2.14. The molecule has 0 amide bonds. The number of halogens is 4. The summed E-state index contributed by atoms with van der Waals surface area (Å²) in [5.74, 6) is -2.32. The number of unbranched alkanes of at least 4 members (excludes halogenated alkanes) is 2. The SMILES string of the molecule is CCCCCOC1(OC(F)(F)F)C=CC(c2ccccc2F)=CC1. The first-order chi connectivity index (χ1) is 11.4. The number of hydrogen-bond donors (Lipinski definition) is 0. The first-order valence-electron chi connectivity index (χ1n) is 7.90. The van der Waals surface area contributed by atoms with Gasteiger partial charge in [0.25, 0.3) is 0 Å². The summed E-state index contributed by atoms with van der Waals surface area (Å²) >= 11 is 0. The van der Waals surface area contributed by atoms with Crippen molar-refractivity contribution in [2.24, 2.45) is 0 Å². The van der Waals surface area contributed by atoms with Gasteiger partial charge in [-0.2, -0.15) is 0 Å². The van der Waals surface area contributed by atoms with E-state index in [1.165, 1.54) is 24.3 Å². The quantitative estimate of drug-likeness (QED) is 0.364. The van der Waals surface area contributed by atoms with E-state index in [2.05, 4.69) is 4.74 Å². The van der Waals surface area contributed by atoms with Crippen molar-refractivity contribution in [2.45, 2.75) is 44.8 Å². The molecule has 1 unspecified atom stereocenters. The predicted molar refractivity (Wildman–Crippen MR) is 83.5 cm³/mol. The molecular weight excluding hydrogens is 324 g/mol. The van der Waals surface area contributed by atoms with Gasteiger partial charge >= 0.3 is 6.36 Å². The van der Waals surface area contributed by atoms with Gasteiger partial charge < -0.3 is 4.74 Å². The lowest BCUT2D eigenvalue weighted by atomic mass is 9.96. The Morgan fingerprint density at radius 1 is 1.17 bits per heavy atom. The van der Waals surface area contributed by atoms with Crippen molar-refractivity contribution in [3.05, 3.63) is 53.9 Å². The van der Waals surface area contributed by atoms with Crippen molar-refractivity contribution in [3.63, 3.8) is 0 Å². The highest BCUT2D eigenvalue weighted by molar-refractivity contribution is 5.75. The van der Waals surface area contributed by atoms with Crippen LogP contribution in [0.25, 0.3) is 5.57 Å². The lowest BCUT2D eigenvalue weighted by Crippen LogP contribution is -2.40. The molecule has 0 N–H and O–H groups in total. The van der Waals surface area contributed by atoms with Crippen LogP contribution in [0.2, 0.25) is 0 Å². The summed E-state index contributed by atoms with van der Waals surface area (Å²) in [7, 11) is 0. The van der Waals surface area contributed by atoms with E-state index in [0.29, 0.717) is 17.6 Å². The molecule has 1 aromatic rings. The lowest BCUT2D eigenvalue weighted by Gasteiger charge is -2.33. The van der Waals surface area contributed by atoms with E-state index in [9.17, 15) is 17.6 Å². The fourth-order valence-electron chi connectivity index (χ4n) is 2.51. The highest BCUT2D eigenvalue weighted by Gasteiger charge is 2.43. The first-order valence-corrected chi connectivity index (χ1v) is 7.90. The maximum atomic E-state index is 13.8. The Morgan fingerprint density at radius 2 is 1.92 bits per heavy atom. The Kier molecular flexibility index (Phi) is 6.18. The monoisotopic (exact) mass is 344 g/mol. The van der Waals surface area contributed by atoms with Crippen LogP contribution in [0.15, 0.2) is 42.5 Å². The molecule has 132 valence electrons. The fourth-order valence-corrected chi connectivity index (χ4v) is 2.51. The van der Waals surface area contributed by atoms with Gasteiger partial charge in [0.15, 0.2) is 0 Å². The molecule has 24 heavy (non-hydrogen) atoms. The summed E-state index contributed by atoms with van der Waals surface area (Å²) in [5, 5.41) is 0. The van der Waals surface area contributed by atoms with Crippen LogP contribution < -0.4 is 0 Å². The van der Waals surface area contributed by atoms with Gasteiger partial charge in [-0.3, -0.25) is 4.74 Å². The van der Waals surface area contributed by atoms with Crippen LogP contribution in [-0.2, 0) is 9.47 Å². The average molecular weight is 344 g/mol. The Bertz CT molecular complexity index is 607. The Morgan fingerprint density at radius 3 is 2.50 bits per heavy atom. The molecule has 0 aromatic heterocycles. The molecule has 0 fully saturated rings. The molecule has 1 aromatic carbocycles. The third kappa shape index (κ3) is 5.18. The molecule has 1 aliphatic carbocycles. The highest BCUT2D eigenvalue weighted by Crippen LogP contribution is 2.36. The maximum absolute atomic E-state index is 13.8. The van der Waals surface area contributed by atoms with E-state index in [1.807, 2.05) is 6.92 Å². The molecule has 0 saturated carbocycles. The van der Waals surface area contributed by atoms with Crippen molar-refractivity contribution in [3.8, 4) is 0 Å². The second-order valence-corrected chi connectivity index (χ2v) is 5.59. The Hall–Kier alpha value is -1.66.